The summed E-state index contributed by atoms with van der Waals surface area (Å²) in [4.78, 5) is 13.0. The summed E-state index contributed by atoms with van der Waals surface area (Å²) >= 11 is 3.01. The molecule has 2 aliphatic rings. The van der Waals surface area contributed by atoms with Gasteiger partial charge in [-0.25, -0.2) is 0 Å². The number of fused-ring (bicyclic) bond motifs is 3. The lowest BCUT2D eigenvalue weighted by molar-refractivity contribution is -0.287. The molecule has 0 aromatic carbocycles. The number of hydrogen-bond acceptors (Lipinski definition) is 4. The van der Waals surface area contributed by atoms with E-state index in [1.54, 1.807) is 11.3 Å². The van der Waals surface area contributed by atoms with Crippen molar-refractivity contribution in [3.05, 3.63) is 22.4 Å². The number of rotatable bonds is 3. The first kappa shape index (κ1) is 16.4. The van der Waals surface area contributed by atoms with Gasteiger partial charge in [-0.15, -0.1) is 22.7 Å². The van der Waals surface area contributed by atoms with Crippen LogP contribution in [-0.2, 0) is 4.74 Å². The van der Waals surface area contributed by atoms with Gasteiger partial charge in [-0.05, 0) is 48.6 Å². The van der Waals surface area contributed by atoms with Crippen molar-refractivity contribution < 1.29 is 22.7 Å². The maximum absolute atomic E-state index is 13.4. The fourth-order valence-corrected chi connectivity index (χ4v) is 6.31. The minimum absolute atomic E-state index is 0.0673. The van der Waals surface area contributed by atoms with Gasteiger partial charge in [-0.2, -0.15) is 13.2 Å². The highest BCUT2D eigenvalue weighted by Gasteiger charge is 2.68. The monoisotopic (exact) mass is 375 g/mol. The molecular formula is C16H16F3NO2S2. The van der Waals surface area contributed by atoms with Gasteiger partial charge in [0.2, 0.25) is 0 Å². The molecule has 24 heavy (non-hydrogen) atoms. The third-order valence-electron chi connectivity index (χ3n) is 5.45. The molecule has 2 aliphatic carbocycles. The summed E-state index contributed by atoms with van der Waals surface area (Å²) in [5, 5.41) is 5.96. The third-order valence-corrected chi connectivity index (χ3v) is 7.66. The number of carbonyl (C=O) groups is 1. The summed E-state index contributed by atoms with van der Waals surface area (Å²) in [6.45, 7) is 0. The van der Waals surface area contributed by atoms with Crippen LogP contribution in [0.1, 0.15) is 28.9 Å². The number of methoxy groups -OCH3 is 1. The minimum Gasteiger partial charge on any atom is -0.368 e. The van der Waals surface area contributed by atoms with Crippen LogP contribution in [0.15, 0.2) is 17.5 Å². The van der Waals surface area contributed by atoms with E-state index in [-0.39, 0.29) is 24.3 Å². The molecule has 0 unspecified atom stereocenters. The molecule has 0 radical (unpaired) electrons. The Morgan fingerprint density at radius 2 is 2.21 bits per heavy atom. The minimum atomic E-state index is -4.37. The summed E-state index contributed by atoms with van der Waals surface area (Å²) < 4.78 is 46.2. The Hall–Kier alpha value is -1.12. The first-order valence-corrected chi connectivity index (χ1v) is 9.43. The second-order valence-corrected chi connectivity index (χ2v) is 8.80. The van der Waals surface area contributed by atoms with Gasteiger partial charge in [0, 0.05) is 18.5 Å². The Balaban J connectivity index is 1.47. The van der Waals surface area contributed by atoms with E-state index in [4.69, 9.17) is 4.74 Å². The van der Waals surface area contributed by atoms with Crippen LogP contribution in [0, 0.1) is 11.8 Å². The number of ether oxygens (including phenoxy) is 1. The summed E-state index contributed by atoms with van der Waals surface area (Å²) in [5.74, 6) is -0.942. The topological polar surface area (TPSA) is 38.3 Å². The maximum Gasteiger partial charge on any atom is 0.417 e. The smallest absolute Gasteiger partial charge is 0.368 e. The van der Waals surface area contributed by atoms with Gasteiger partial charge >= 0.3 is 6.18 Å². The number of alkyl halides is 3. The summed E-state index contributed by atoms with van der Waals surface area (Å²) in [7, 11) is 1.14. The van der Waals surface area contributed by atoms with Crippen LogP contribution in [0.4, 0.5) is 13.2 Å². The lowest BCUT2D eigenvalue weighted by Crippen LogP contribution is -2.54. The molecular weight excluding hydrogens is 359 g/mol. The molecule has 0 saturated heterocycles. The Morgan fingerprint density at radius 1 is 1.42 bits per heavy atom. The molecule has 2 aromatic rings. The van der Waals surface area contributed by atoms with Crippen LogP contribution >= 0.6 is 22.7 Å². The summed E-state index contributed by atoms with van der Waals surface area (Å²) in [5.41, 5.74) is -2.04. The van der Waals surface area contributed by atoms with Crippen LogP contribution in [0.2, 0.25) is 0 Å². The molecule has 8 heteroatoms. The van der Waals surface area contributed by atoms with Crippen LogP contribution in [0.5, 0.6) is 0 Å². The molecule has 4 atom stereocenters. The van der Waals surface area contributed by atoms with Crippen molar-refractivity contribution in [2.24, 2.45) is 11.8 Å². The van der Waals surface area contributed by atoms with Crippen molar-refractivity contribution in [2.45, 2.75) is 37.1 Å². The first-order chi connectivity index (χ1) is 11.3. The molecule has 130 valence electrons. The van der Waals surface area contributed by atoms with Gasteiger partial charge in [-0.3, -0.25) is 4.79 Å². The number of halogens is 3. The predicted molar refractivity (Wildman–Crippen MR) is 87.6 cm³/mol. The van der Waals surface area contributed by atoms with Crippen LogP contribution < -0.4 is 5.32 Å². The first-order valence-electron chi connectivity index (χ1n) is 7.74. The summed E-state index contributed by atoms with van der Waals surface area (Å²) in [6.07, 6.45) is -3.66. The largest absolute Gasteiger partial charge is 0.417 e. The van der Waals surface area contributed by atoms with Crippen molar-refractivity contribution in [1.29, 1.82) is 0 Å². The zero-order valence-electron chi connectivity index (χ0n) is 12.9. The predicted octanol–water partition coefficient (Wildman–Crippen LogP) is 4.44. The van der Waals surface area contributed by atoms with Crippen molar-refractivity contribution in [2.75, 3.05) is 7.11 Å². The van der Waals surface area contributed by atoms with Gasteiger partial charge in [0.15, 0.2) is 5.60 Å². The normalized spacial score (nSPS) is 32.6. The zero-order valence-corrected chi connectivity index (χ0v) is 14.5. The van der Waals surface area contributed by atoms with Crippen molar-refractivity contribution in [3.63, 3.8) is 0 Å². The van der Waals surface area contributed by atoms with E-state index in [1.165, 1.54) is 11.3 Å². The van der Waals surface area contributed by atoms with E-state index >= 15 is 0 Å². The number of amides is 1. The fourth-order valence-electron chi connectivity index (χ4n) is 4.29. The maximum atomic E-state index is 13.4. The number of carbonyl (C=O) groups excluding carboxylic acids is 1. The number of nitrogens with one attached hydrogen (secondary N) is 1. The molecule has 2 heterocycles. The Labute approximate surface area is 144 Å². The molecule has 0 spiro atoms. The van der Waals surface area contributed by atoms with Crippen molar-refractivity contribution in [1.82, 2.24) is 5.32 Å². The number of hydrogen-bond donors (Lipinski definition) is 1. The second-order valence-electron chi connectivity index (χ2n) is 6.58. The molecule has 2 aromatic heterocycles. The zero-order chi connectivity index (χ0) is 17.1. The molecule has 1 amide bonds. The average molecular weight is 375 g/mol. The molecule has 3 nitrogen and oxygen atoms in total. The highest BCUT2D eigenvalue weighted by atomic mass is 32.2. The lowest BCUT2D eigenvalue weighted by Gasteiger charge is -2.40. The van der Waals surface area contributed by atoms with Crippen molar-refractivity contribution >= 4 is 38.0 Å². The van der Waals surface area contributed by atoms with Crippen LogP contribution in [0.3, 0.4) is 0 Å². The Bertz CT molecular complexity index is 755. The highest BCUT2D eigenvalue weighted by Crippen LogP contribution is 2.58. The molecule has 0 aliphatic heterocycles. The van der Waals surface area contributed by atoms with Crippen molar-refractivity contribution in [3.8, 4) is 0 Å². The van der Waals surface area contributed by atoms with E-state index in [1.807, 2.05) is 17.5 Å². The standard InChI is InChI=1S/C16H16F3NO2S2/c1-22-15(16(17,18)19)7-9-4-10(15)6-11(9)20-13(21)12-5-8-2-3-23-14(8)24-12/h2-3,5,9-11H,4,6-7H2,1H3,(H,20,21)/t9-,10-,11+,15-/m1/s1. The van der Waals surface area contributed by atoms with Gasteiger partial charge in [0.1, 0.15) is 0 Å². The molecule has 2 fully saturated rings. The van der Waals surface area contributed by atoms with E-state index in [0.717, 1.165) is 16.5 Å². The molecule has 4 rings (SSSR count). The Kier molecular flexibility index (Phi) is 3.71. The summed E-state index contributed by atoms with van der Waals surface area (Å²) in [6, 6.07) is 3.60. The van der Waals surface area contributed by atoms with Gasteiger partial charge in [0.05, 0.1) is 8.89 Å². The average Bonchev–Trinajstić information content (AvgIpc) is 3.24. The second kappa shape index (κ2) is 5.44. The van der Waals surface area contributed by atoms with Gasteiger partial charge < -0.3 is 10.1 Å². The number of thiophene rings is 2. The molecule has 1 N–H and O–H groups in total. The van der Waals surface area contributed by atoms with Crippen LogP contribution in [0.25, 0.3) is 9.40 Å². The molecule has 2 bridgehead atoms. The SMILES string of the molecule is CO[C@]1(C(F)(F)F)C[C@H]2C[C@@H]1C[C@@H]2NC(=O)c1cc2ccsc2s1. The van der Waals surface area contributed by atoms with E-state index in [2.05, 4.69) is 5.32 Å². The highest BCUT2D eigenvalue weighted by molar-refractivity contribution is 7.38. The quantitative estimate of drug-likeness (QED) is 0.861. The molecule has 2 saturated carbocycles. The van der Waals surface area contributed by atoms with E-state index < -0.39 is 17.7 Å². The van der Waals surface area contributed by atoms with Crippen LogP contribution in [-0.4, -0.2) is 30.8 Å². The van der Waals surface area contributed by atoms with E-state index in [0.29, 0.717) is 17.7 Å². The van der Waals surface area contributed by atoms with Gasteiger partial charge in [0.25, 0.3) is 5.91 Å². The Morgan fingerprint density at radius 3 is 2.79 bits per heavy atom. The lowest BCUT2D eigenvalue weighted by atomic mass is 9.81. The van der Waals surface area contributed by atoms with E-state index in [9.17, 15) is 18.0 Å². The van der Waals surface area contributed by atoms with Gasteiger partial charge in [-0.1, -0.05) is 0 Å². The fraction of sp³-hybridized carbons (Fsp3) is 0.562. The third kappa shape index (κ3) is 2.30.